The molecule has 0 atom stereocenters. The van der Waals surface area contributed by atoms with Crippen LogP contribution in [0.1, 0.15) is 10.4 Å². The van der Waals surface area contributed by atoms with Gasteiger partial charge in [-0.25, -0.2) is 8.42 Å². The topological polar surface area (TPSA) is 84.5 Å². The highest BCUT2D eigenvalue weighted by Gasteiger charge is 2.19. The second-order valence-electron chi connectivity index (χ2n) is 5.91. The lowest BCUT2D eigenvalue weighted by molar-refractivity contribution is 0.102. The number of benzene rings is 3. The highest BCUT2D eigenvalue weighted by atomic mass is 35.5. The molecule has 3 rings (SSSR count). The van der Waals surface area contributed by atoms with Gasteiger partial charge in [0.05, 0.1) is 28.4 Å². The van der Waals surface area contributed by atoms with Gasteiger partial charge in [-0.3, -0.25) is 9.52 Å². The number of hydrogen-bond donors (Lipinski definition) is 2. The van der Waals surface area contributed by atoms with Gasteiger partial charge in [0.15, 0.2) is 0 Å². The first-order chi connectivity index (χ1) is 13.8. The van der Waals surface area contributed by atoms with Crippen LogP contribution in [0.3, 0.4) is 0 Å². The number of sulfonamides is 1. The molecule has 0 saturated carbocycles. The zero-order valence-corrected chi connectivity index (χ0v) is 17.5. The minimum atomic E-state index is -3.98. The lowest BCUT2D eigenvalue weighted by Gasteiger charge is -2.14. The molecule has 0 aromatic heterocycles. The second-order valence-corrected chi connectivity index (χ2v) is 8.44. The molecule has 0 aliphatic heterocycles. The summed E-state index contributed by atoms with van der Waals surface area (Å²) in [6, 6.07) is 17.1. The maximum atomic E-state index is 12.8. The Hall–Kier alpha value is -2.74. The number of anilines is 2. The quantitative estimate of drug-likeness (QED) is 0.549. The molecule has 6 nitrogen and oxygen atoms in total. The Bertz CT molecular complexity index is 1150. The van der Waals surface area contributed by atoms with Crippen LogP contribution in [0.25, 0.3) is 0 Å². The Morgan fingerprint density at radius 3 is 2.31 bits per heavy atom. The van der Waals surface area contributed by atoms with Crippen LogP contribution in [0, 0.1) is 0 Å². The average Bonchev–Trinajstić information content (AvgIpc) is 2.70. The molecule has 1 amide bonds. The third-order valence-corrected chi connectivity index (χ3v) is 5.85. The average molecular weight is 451 g/mol. The van der Waals surface area contributed by atoms with Gasteiger partial charge in [-0.2, -0.15) is 0 Å². The third-order valence-electron chi connectivity index (χ3n) is 3.94. The summed E-state index contributed by atoms with van der Waals surface area (Å²) in [6.45, 7) is 0. The van der Waals surface area contributed by atoms with Crippen LogP contribution in [0.2, 0.25) is 10.0 Å². The summed E-state index contributed by atoms with van der Waals surface area (Å²) in [5, 5.41) is 3.22. The Morgan fingerprint density at radius 2 is 1.66 bits per heavy atom. The molecule has 0 radical (unpaired) electrons. The number of nitrogens with one attached hydrogen (secondary N) is 2. The van der Waals surface area contributed by atoms with E-state index in [1.165, 1.54) is 43.5 Å². The smallest absolute Gasteiger partial charge is 0.262 e. The van der Waals surface area contributed by atoms with E-state index in [2.05, 4.69) is 10.0 Å². The van der Waals surface area contributed by atoms with Crippen molar-refractivity contribution < 1.29 is 17.9 Å². The second kappa shape index (κ2) is 8.73. The fourth-order valence-electron chi connectivity index (χ4n) is 2.51. The molecule has 3 aromatic rings. The number of halogens is 2. The Balaban J connectivity index is 1.91. The monoisotopic (exact) mass is 450 g/mol. The van der Waals surface area contributed by atoms with E-state index >= 15 is 0 Å². The fraction of sp³-hybridized carbons (Fsp3) is 0.0500. The van der Waals surface area contributed by atoms with Gasteiger partial charge >= 0.3 is 0 Å². The first-order valence-electron chi connectivity index (χ1n) is 8.32. The molecule has 9 heteroatoms. The third kappa shape index (κ3) is 5.00. The van der Waals surface area contributed by atoms with Crippen molar-refractivity contribution in [2.45, 2.75) is 4.90 Å². The van der Waals surface area contributed by atoms with E-state index in [-0.39, 0.29) is 21.3 Å². The molecule has 2 N–H and O–H groups in total. The van der Waals surface area contributed by atoms with Crippen molar-refractivity contribution in [2.75, 3.05) is 17.1 Å². The summed E-state index contributed by atoms with van der Waals surface area (Å²) >= 11 is 11.9. The number of carbonyl (C=O) groups excluding carboxylic acids is 1. The predicted molar refractivity (Wildman–Crippen MR) is 115 cm³/mol. The van der Waals surface area contributed by atoms with Crippen molar-refractivity contribution in [1.82, 2.24) is 0 Å². The number of methoxy groups -OCH3 is 1. The predicted octanol–water partition coefficient (Wildman–Crippen LogP) is 5.06. The molecular formula is C20H16Cl2N2O4S. The van der Waals surface area contributed by atoms with Crippen LogP contribution in [-0.2, 0) is 10.0 Å². The van der Waals surface area contributed by atoms with Gasteiger partial charge in [-0.1, -0.05) is 41.4 Å². The van der Waals surface area contributed by atoms with E-state index in [0.29, 0.717) is 16.3 Å². The Morgan fingerprint density at radius 1 is 0.931 bits per heavy atom. The molecule has 0 heterocycles. The van der Waals surface area contributed by atoms with Gasteiger partial charge < -0.3 is 10.1 Å². The largest absolute Gasteiger partial charge is 0.495 e. The minimum absolute atomic E-state index is 0.0762. The molecule has 0 saturated heterocycles. The number of ether oxygens (including phenoxy) is 1. The molecule has 0 aliphatic rings. The van der Waals surface area contributed by atoms with Gasteiger partial charge in [-0.05, 0) is 48.5 Å². The van der Waals surface area contributed by atoms with Crippen LogP contribution in [0.4, 0.5) is 11.4 Å². The van der Waals surface area contributed by atoms with E-state index < -0.39 is 15.9 Å². The van der Waals surface area contributed by atoms with Crippen molar-refractivity contribution in [3.8, 4) is 5.75 Å². The highest BCUT2D eigenvalue weighted by Crippen LogP contribution is 2.31. The zero-order valence-electron chi connectivity index (χ0n) is 15.1. The normalized spacial score (nSPS) is 11.0. The van der Waals surface area contributed by atoms with Gasteiger partial charge in [0.25, 0.3) is 15.9 Å². The minimum Gasteiger partial charge on any atom is -0.495 e. The van der Waals surface area contributed by atoms with Crippen molar-refractivity contribution in [1.29, 1.82) is 0 Å². The molecule has 150 valence electrons. The van der Waals surface area contributed by atoms with Crippen LogP contribution in [0.5, 0.6) is 5.75 Å². The zero-order chi connectivity index (χ0) is 21.0. The molecule has 0 unspecified atom stereocenters. The van der Waals surface area contributed by atoms with Gasteiger partial charge in [-0.15, -0.1) is 0 Å². The number of hydrogen-bond acceptors (Lipinski definition) is 4. The molecule has 3 aromatic carbocycles. The van der Waals surface area contributed by atoms with Gasteiger partial charge in [0.2, 0.25) is 0 Å². The van der Waals surface area contributed by atoms with E-state index in [1.54, 1.807) is 30.3 Å². The number of carbonyl (C=O) groups is 1. The summed E-state index contributed by atoms with van der Waals surface area (Å²) in [4.78, 5) is 12.4. The fourth-order valence-corrected chi connectivity index (χ4v) is 4.13. The summed E-state index contributed by atoms with van der Waals surface area (Å²) in [5.74, 6) is -0.0788. The molecule has 0 fully saturated rings. The molecule has 0 spiro atoms. The van der Waals surface area contributed by atoms with Crippen LogP contribution in [-0.4, -0.2) is 21.4 Å². The summed E-state index contributed by atoms with van der Waals surface area (Å²) in [5.41, 5.74) is 0.821. The van der Waals surface area contributed by atoms with Crippen LogP contribution in [0.15, 0.2) is 71.6 Å². The highest BCUT2D eigenvalue weighted by molar-refractivity contribution is 7.92. The molecule has 0 aliphatic carbocycles. The van der Waals surface area contributed by atoms with Crippen molar-refractivity contribution >= 4 is 50.5 Å². The maximum Gasteiger partial charge on any atom is 0.262 e. The van der Waals surface area contributed by atoms with E-state index in [1.807, 2.05) is 0 Å². The van der Waals surface area contributed by atoms with Crippen molar-refractivity contribution in [2.24, 2.45) is 0 Å². The first kappa shape index (κ1) is 21.0. The first-order valence-corrected chi connectivity index (χ1v) is 10.6. The van der Waals surface area contributed by atoms with E-state index in [9.17, 15) is 13.2 Å². The van der Waals surface area contributed by atoms with E-state index in [0.717, 1.165) is 0 Å². The van der Waals surface area contributed by atoms with Crippen LogP contribution < -0.4 is 14.8 Å². The lowest BCUT2D eigenvalue weighted by atomic mass is 10.2. The standard InChI is InChI=1S/C20H16Cl2N2O4S/c1-28-19-10-8-15(12-18(19)23-20(25)13-5-3-2-4-6-13)29(26,27)24-17-9-7-14(21)11-16(17)22/h2-12,24H,1H3,(H,23,25). The van der Waals surface area contributed by atoms with Crippen molar-refractivity contribution in [3.63, 3.8) is 0 Å². The lowest BCUT2D eigenvalue weighted by Crippen LogP contribution is -2.16. The molecule has 29 heavy (non-hydrogen) atoms. The number of rotatable bonds is 6. The van der Waals surface area contributed by atoms with Crippen molar-refractivity contribution in [3.05, 3.63) is 82.3 Å². The Labute approximate surface area is 178 Å². The summed E-state index contributed by atoms with van der Waals surface area (Å²) in [6.07, 6.45) is 0. The van der Waals surface area contributed by atoms with Gasteiger partial charge in [0.1, 0.15) is 5.75 Å². The summed E-state index contributed by atoms with van der Waals surface area (Å²) in [7, 11) is -2.56. The summed E-state index contributed by atoms with van der Waals surface area (Å²) < 4.78 is 33.2. The van der Waals surface area contributed by atoms with Crippen LogP contribution >= 0.6 is 23.2 Å². The Kier molecular flexibility index (Phi) is 6.32. The number of amides is 1. The maximum absolute atomic E-state index is 12.8. The molecule has 0 bridgehead atoms. The SMILES string of the molecule is COc1ccc(S(=O)(=O)Nc2ccc(Cl)cc2Cl)cc1NC(=O)c1ccccc1. The van der Waals surface area contributed by atoms with E-state index in [4.69, 9.17) is 27.9 Å². The molecular weight excluding hydrogens is 435 g/mol. The van der Waals surface area contributed by atoms with Gasteiger partial charge in [0, 0.05) is 10.6 Å².